The molecule has 0 fully saturated rings. The van der Waals surface area contributed by atoms with Crippen molar-refractivity contribution in [1.29, 1.82) is 0 Å². The zero-order valence-electron chi connectivity index (χ0n) is 8.31. The molecule has 2 unspecified atom stereocenters. The van der Waals surface area contributed by atoms with Crippen LogP contribution in [0.25, 0.3) is 0 Å². The zero-order valence-corrected chi connectivity index (χ0v) is 9.12. The summed E-state index contributed by atoms with van der Waals surface area (Å²) in [5.41, 5.74) is 0. The molecule has 0 saturated heterocycles. The topological polar surface area (TPSA) is 23.1 Å². The summed E-state index contributed by atoms with van der Waals surface area (Å²) in [5.74, 6) is 0.642. The molecule has 0 aliphatic heterocycles. The molecule has 0 aromatic carbocycles. The molecule has 0 radical (unpaired) electrons. The zero-order chi connectivity index (χ0) is 9.07. The minimum Gasteiger partial charge on any atom is -0.616 e. The van der Waals surface area contributed by atoms with Crippen LogP contribution in [-0.4, -0.2) is 15.6 Å². The summed E-state index contributed by atoms with van der Waals surface area (Å²) in [4.78, 5) is 0. The third kappa shape index (κ3) is 3.48. The van der Waals surface area contributed by atoms with E-state index in [1.165, 1.54) is 0 Å². The Labute approximate surface area is 73.8 Å². The fourth-order valence-corrected chi connectivity index (χ4v) is 2.30. The molecule has 11 heavy (non-hydrogen) atoms. The van der Waals surface area contributed by atoms with Gasteiger partial charge < -0.3 is 4.55 Å². The molecule has 0 aliphatic carbocycles. The molecule has 0 bridgehead atoms. The van der Waals surface area contributed by atoms with Crippen LogP contribution in [0.2, 0.25) is 0 Å². The van der Waals surface area contributed by atoms with Gasteiger partial charge in [-0.3, -0.25) is 0 Å². The number of rotatable bonds is 4. The van der Waals surface area contributed by atoms with Crippen LogP contribution in [-0.2, 0) is 11.2 Å². The molecule has 1 nitrogen and oxygen atoms in total. The second-order valence-electron chi connectivity index (χ2n) is 3.86. The van der Waals surface area contributed by atoms with Crippen molar-refractivity contribution in [2.75, 3.05) is 6.26 Å². The van der Waals surface area contributed by atoms with E-state index in [4.69, 9.17) is 0 Å². The highest BCUT2D eigenvalue weighted by Gasteiger charge is 2.32. The molecule has 2 atom stereocenters. The maximum absolute atomic E-state index is 11.3. The van der Waals surface area contributed by atoms with Crippen LogP contribution in [0.5, 0.6) is 0 Å². The Hall–Kier alpha value is 0.310. The Morgan fingerprint density at radius 1 is 1.45 bits per heavy atom. The molecule has 0 aromatic rings. The second kappa shape index (κ2) is 4.36. The summed E-state index contributed by atoms with van der Waals surface area (Å²) in [5, 5.41) is 0. The summed E-state index contributed by atoms with van der Waals surface area (Å²) >= 11 is -0.690. The van der Waals surface area contributed by atoms with E-state index in [9.17, 15) is 4.55 Å². The lowest BCUT2D eigenvalue weighted by Crippen LogP contribution is -2.35. The first-order valence-electron chi connectivity index (χ1n) is 4.26. The Morgan fingerprint density at radius 2 is 1.91 bits per heavy atom. The van der Waals surface area contributed by atoms with Crippen molar-refractivity contribution in [3.63, 3.8) is 0 Å². The van der Waals surface area contributed by atoms with Gasteiger partial charge in [0, 0.05) is 0 Å². The van der Waals surface area contributed by atoms with Crippen LogP contribution in [0.1, 0.15) is 40.5 Å². The predicted octanol–water partition coefficient (Wildman–Crippen LogP) is 2.58. The summed E-state index contributed by atoms with van der Waals surface area (Å²) in [6.45, 7) is 8.59. The van der Waals surface area contributed by atoms with Crippen molar-refractivity contribution < 1.29 is 4.55 Å². The summed E-state index contributed by atoms with van der Waals surface area (Å²) in [6, 6.07) is 0. The van der Waals surface area contributed by atoms with Gasteiger partial charge in [-0.2, -0.15) is 0 Å². The highest BCUT2D eigenvalue weighted by Crippen LogP contribution is 2.28. The Morgan fingerprint density at radius 3 is 2.00 bits per heavy atom. The number of hydrogen-bond donors (Lipinski definition) is 0. The van der Waals surface area contributed by atoms with Crippen molar-refractivity contribution in [2.45, 2.75) is 45.3 Å². The minimum atomic E-state index is -0.690. The molecule has 2 heteroatoms. The molecule has 0 aromatic heterocycles. The van der Waals surface area contributed by atoms with Gasteiger partial charge in [0.25, 0.3) is 0 Å². The SMILES string of the molecule is CCC(C)(CC(C)C)[S+](C)[O-]. The minimum absolute atomic E-state index is 0.0359. The van der Waals surface area contributed by atoms with Gasteiger partial charge in [0.1, 0.15) is 4.75 Å². The molecule has 0 heterocycles. The van der Waals surface area contributed by atoms with E-state index >= 15 is 0 Å². The molecule has 68 valence electrons. The first-order chi connectivity index (χ1) is 4.92. The lowest BCUT2D eigenvalue weighted by atomic mass is 9.96. The van der Waals surface area contributed by atoms with E-state index in [0.717, 1.165) is 12.8 Å². The molecular weight excluding hydrogens is 156 g/mol. The van der Waals surface area contributed by atoms with Crippen molar-refractivity contribution >= 4 is 11.2 Å². The predicted molar refractivity (Wildman–Crippen MR) is 52.2 cm³/mol. The molecular formula is C9H20OS. The molecule has 0 saturated carbocycles. The van der Waals surface area contributed by atoms with Crippen molar-refractivity contribution in [3.05, 3.63) is 0 Å². The maximum Gasteiger partial charge on any atom is 0.122 e. The van der Waals surface area contributed by atoms with E-state index in [1.54, 1.807) is 0 Å². The molecule has 0 aliphatic rings. The Balaban J connectivity index is 4.10. The molecule has 0 rings (SSSR count). The fraction of sp³-hybridized carbons (Fsp3) is 1.00. The maximum atomic E-state index is 11.3. The number of hydrogen-bond acceptors (Lipinski definition) is 1. The molecule has 0 spiro atoms. The monoisotopic (exact) mass is 176 g/mol. The smallest absolute Gasteiger partial charge is 0.122 e. The van der Waals surface area contributed by atoms with Crippen LogP contribution >= 0.6 is 0 Å². The van der Waals surface area contributed by atoms with Gasteiger partial charge in [-0.1, -0.05) is 31.9 Å². The van der Waals surface area contributed by atoms with Gasteiger partial charge in [0.05, 0.1) is 6.26 Å². The third-order valence-corrected chi connectivity index (χ3v) is 4.13. The van der Waals surface area contributed by atoms with Gasteiger partial charge >= 0.3 is 0 Å². The van der Waals surface area contributed by atoms with Crippen LogP contribution in [0.3, 0.4) is 0 Å². The largest absolute Gasteiger partial charge is 0.616 e. The molecule has 0 N–H and O–H groups in total. The Bertz CT molecular complexity index is 112. The first-order valence-corrected chi connectivity index (χ1v) is 5.81. The first kappa shape index (κ1) is 11.3. The van der Waals surface area contributed by atoms with Crippen LogP contribution in [0.15, 0.2) is 0 Å². The van der Waals surface area contributed by atoms with E-state index in [-0.39, 0.29) is 4.75 Å². The standard InChI is InChI=1S/C9H20OS/c1-6-9(4,11(5)10)7-8(2)3/h8H,6-7H2,1-5H3. The highest BCUT2D eigenvalue weighted by atomic mass is 32.2. The van der Waals surface area contributed by atoms with Gasteiger partial charge in [-0.05, 0) is 25.7 Å². The van der Waals surface area contributed by atoms with Crippen molar-refractivity contribution in [2.24, 2.45) is 5.92 Å². The van der Waals surface area contributed by atoms with Gasteiger partial charge in [0.2, 0.25) is 0 Å². The third-order valence-electron chi connectivity index (χ3n) is 2.28. The van der Waals surface area contributed by atoms with Gasteiger partial charge in [0.15, 0.2) is 0 Å². The summed E-state index contributed by atoms with van der Waals surface area (Å²) < 4.78 is 11.4. The molecule has 0 amide bonds. The van der Waals surface area contributed by atoms with Crippen molar-refractivity contribution in [3.8, 4) is 0 Å². The van der Waals surface area contributed by atoms with Crippen LogP contribution in [0, 0.1) is 5.92 Å². The highest BCUT2D eigenvalue weighted by molar-refractivity contribution is 7.92. The Kier molecular flexibility index (Phi) is 4.49. The lowest BCUT2D eigenvalue weighted by Gasteiger charge is -2.30. The van der Waals surface area contributed by atoms with E-state index in [0.29, 0.717) is 5.92 Å². The lowest BCUT2D eigenvalue weighted by molar-refractivity contribution is 0.434. The van der Waals surface area contributed by atoms with Gasteiger partial charge in [-0.25, -0.2) is 0 Å². The quantitative estimate of drug-likeness (QED) is 0.604. The van der Waals surface area contributed by atoms with Gasteiger partial charge in [-0.15, -0.1) is 0 Å². The van der Waals surface area contributed by atoms with Crippen molar-refractivity contribution in [1.82, 2.24) is 0 Å². The van der Waals surface area contributed by atoms with Crippen LogP contribution in [0.4, 0.5) is 0 Å². The van der Waals surface area contributed by atoms with E-state index in [2.05, 4.69) is 27.7 Å². The summed E-state index contributed by atoms with van der Waals surface area (Å²) in [6.07, 6.45) is 3.88. The average Bonchev–Trinajstić information content (AvgIpc) is 1.86. The fourth-order valence-electron chi connectivity index (χ4n) is 1.33. The van der Waals surface area contributed by atoms with E-state index in [1.807, 2.05) is 6.26 Å². The normalized spacial score (nSPS) is 19.9. The van der Waals surface area contributed by atoms with Crippen LogP contribution < -0.4 is 0 Å². The van der Waals surface area contributed by atoms with E-state index < -0.39 is 11.2 Å². The average molecular weight is 176 g/mol. The summed E-state index contributed by atoms with van der Waals surface area (Å²) in [7, 11) is 0. The second-order valence-corrected chi connectivity index (χ2v) is 5.75.